The lowest BCUT2D eigenvalue weighted by atomic mass is 9.88. The summed E-state index contributed by atoms with van der Waals surface area (Å²) >= 11 is 0. The van der Waals surface area contributed by atoms with Crippen LogP contribution >= 0.6 is 0 Å². The minimum atomic E-state index is 0.102. The maximum atomic E-state index is 11.3. The molecule has 2 fully saturated rings. The van der Waals surface area contributed by atoms with Gasteiger partial charge in [0.05, 0.1) is 0 Å². The van der Waals surface area contributed by atoms with Crippen LogP contribution < -0.4 is 11.1 Å². The van der Waals surface area contributed by atoms with Gasteiger partial charge in [-0.2, -0.15) is 0 Å². The third-order valence-corrected chi connectivity index (χ3v) is 3.95. The summed E-state index contributed by atoms with van der Waals surface area (Å²) in [6.07, 6.45) is 7.48. The largest absolute Gasteiger partial charge is 0.352 e. The van der Waals surface area contributed by atoms with Gasteiger partial charge < -0.3 is 11.1 Å². The minimum Gasteiger partial charge on any atom is -0.352 e. The predicted molar refractivity (Wildman–Crippen MR) is 68.6 cm³/mol. The molecule has 0 aromatic rings. The van der Waals surface area contributed by atoms with E-state index in [4.69, 9.17) is 5.73 Å². The highest BCUT2D eigenvalue weighted by Crippen LogP contribution is 2.33. The molecule has 2 saturated carbocycles. The Kier molecular flexibility index (Phi) is 4.40. The summed E-state index contributed by atoms with van der Waals surface area (Å²) in [5.41, 5.74) is 5.72. The number of nitrogens with one attached hydrogen (secondary N) is 1. The van der Waals surface area contributed by atoms with E-state index in [1.54, 1.807) is 6.92 Å². The molecule has 0 aromatic heterocycles. The van der Waals surface area contributed by atoms with E-state index in [1.807, 2.05) is 0 Å². The summed E-state index contributed by atoms with van der Waals surface area (Å²) in [5, 5.41) is 3.13. The fourth-order valence-corrected chi connectivity index (χ4v) is 3.11. The van der Waals surface area contributed by atoms with Crippen molar-refractivity contribution in [3.63, 3.8) is 0 Å². The van der Waals surface area contributed by atoms with Crippen LogP contribution in [0.3, 0.4) is 0 Å². The van der Waals surface area contributed by atoms with Crippen LogP contribution in [-0.4, -0.2) is 42.0 Å². The van der Waals surface area contributed by atoms with Crippen molar-refractivity contribution >= 4 is 5.91 Å². The molecule has 3 N–H and O–H groups in total. The van der Waals surface area contributed by atoms with Crippen LogP contribution in [-0.2, 0) is 4.79 Å². The topological polar surface area (TPSA) is 58.4 Å². The van der Waals surface area contributed by atoms with Crippen LogP contribution in [0.4, 0.5) is 0 Å². The Bertz CT molecular complexity index is 265. The molecule has 2 aliphatic carbocycles. The summed E-state index contributed by atoms with van der Waals surface area (Å²) < 4.78 is 0. The van der Waals surface area contributed by atoms with Crippen LogP contribution in [0, 0.1) is 0 Å². The van der Waals surface area contributed by atoms with Crippen LogP contribution in [0.15, 0.2) is 0 Å². The van der Waals surface area contributed by atoms with Crippen molar-refractivity contribution in [3.05, 3.63) is 0 Å². The second-order valence-electron chi connectivity index (χ2n) is 5.42. The number of amides is 1. The lowest BCUT2D eigenvalue weighted by Gasteiger charge is -2.40. The van der Waals surface area contributed by atoms with E-state index in [0.717, 1.165) is 25.6 Å². The monoisotopic (exact) mass is 239 g/mol. The van der Waals surface area contributed by atoms with Crippen molar-refractivity contribution in [1.29, 1.82) is 0 Å². The SMILES string of the molecule is CC(=O)NC1CCCCC1N(CCN)C1CC1. The van der Waals surface area contributed by atoms with Crippen LogP contribution in [0.5, 0.6) is 0 Å². The predicted octanol–water partition coefficient (Wildman–Crippen LogP) is 0.857. The van der Waals surface area contributed by atoms with E-state index < -0.39 is 0 Å². The average Bonchev–Trinajstić information content (AvgIpc) is 3.10. The lowest BCUT2D eigenvalue weighted by Crippen LogP contribution is -2.54. The second kappa shape index (κ2) is 5.83. The molecule has 0 radical (unpaired) electrons. The van der Waals surface area contributed by atoms with Crippen molar-refractivity contribution in [2.24, 2.45) is 5.73 Å². The molecule has 1 amide bonds. The number of nitrogens with zero attached hydrogens (tertiary/aromatic N) is 1. The maximum Gasteiger partial charge on any atom is 0.217 e. The normalized spacial score (nSPS) is 29.4. The zero-order chi connectivity index (χ0) is 12.3. The van der Waals surface area contributed by atoms with E-state index in [-0.39, 0.29) is 5.91 Å². The van der Waals surface area contributed by atoms with E-state index in [0.29, 0.717) is 12.1 Å². The Morgan fingerprint density at radius 1 is 1.29 bits per heavy atom. The van der Waals surface area contributed by atoms with E-state index in [1.165, 1.54) is 32.1 Å². The second-order valence-corrected chi connectivity index (χ2v) is 5.42. The first-order valence-corrected chi connectivity index (χ1v) is 6.95. The first-order chi connectivity index (χ1) is 8.22. The zero-order valence-electron chi connectivity index (χ0n) is 10.8. The zero-order valence-corrected chi connectivity index (χ0v) is 10.8. The summed E-state index contributed by atoms with van der Waals surface area (Å²) in [7, 11) is 0. The molecule has 17 heavy (non-hydrogen) atoms. The quantitative estimate of drug-likeness (QED) is 0.748. The van der Waals surface area contributed by atoms with Crippen molar-refractivity contribution in [3.8, 4) is 0 Å². The van der Waals surface area contributed by atoms with Gasteiger partial charge in [-0.05, 0) is 25.7 Å². The third kappa shape index (κ3) is 3.42. The Balaban J connectivity index is 1.99. The van der Waals surface area contributed by atoms with Gasteiger partial charge in [0.15, 0.2) is 0 Å². The van der Waals surface area contributed by atoms with Crippen molar-refractivity contribution in [2.45, 2.75) is 63.6 Å². The number of carbonyl (C=O) groups excluding carboxylic acids is 1. The highest BCUT2D eigenvalue weighted by atomic mass is 16.1. The molecule has 0 aromatic carbocycles. The highest BCUT2D eigenvalue weighted by molar-refractivity contribution is 5.73. The maximum absolute atomic E-state index is 11.3. The van der Waals surface area contributed by atoms with Gasteiger partial charge in [0, 0.05) is 38.1 Å². The number of hydrogen-bond acceptors (Lipinski definition) is 3. The van der Waals surface area contributed by atoms with Gasteiger partial charge >= 0.3 is 0 Å². The standard InChI is InChI=1S/C13H25N3O/c1-10(17)15-12-4-2-3-5-13(12)16(9-8-14)11-6-7-11/h11-13H,2-9,14H2,1H3,(H,15,17). The highest BCUT2D eigenvalue weighted by Gasteiger charge is 2.38. The molecule has 2 aliphatic rings. The van der Waals surface area contributed by atoms with Gasteiger partial charge in [0.25, 0.3) is 0 Å². The molecule has 0 aliphatic heterocycles. The average molecular weight is 239 g/mol. The molecule has 0 bridgehead atoms. The van der Waals surface area contributed by atoms with E-state index in [9.17, 15) is 4.79 Å². The number of rotatable bonds is 5. The summed E-state index contributed by atoms with van der Waals surface area (Å²) in [5.74, 6) is 0.102. The van der Waals surface area contributed by atoms with Crippen molar-refractivity contribution in [2.75, 3.05) is 13.1 Å². The Hall–Kier alpha value is -0.610. The van der Waals surface area contributed by atoms with Gasteiger partial charge in [-0.1, -0.05) is 12.8 Å². The smallest absolute Gasteiger partial charge is 0.217 e. The van der Waals surface area contributed by atoms with Gasteiger partial charge in [-0.15, -0.1) is 0 Å². The summed E-state index contributed by atoms with van der Waals surface area (Å²) in [6.45, 7) is 3.32. The van der Waals surface area contributed by atoms with E-state index in [2.05, 4.69) is 10.2 Å². The van der Waals surface area contributed by atoms with Crippen LogP contribution in [0.2, 0.25) is 0 Å². The fourth-order valence-electron chi connectivity index (χ4n) is 3.11. The van der Waals surface area contributed by atoms with Crippen molar-refractivity contribution < 1.29 is 4.79 Å². The van der Waals surface area contributed by atoms with Gasteiger partial charge in [-0.25, -0.2) is 0 Å². The molecular weight excluding hydrogens is 214 g/mol. The first-order valence-electron chi connectivity index (χ1n) is 6.95. The number of carbonyl (C=O) groups is 1. The number of nitrogens with two attached hydrogens (primary N) is 1. The van der Waals surface area contributed by atoms with Crippen molar-refractivity contribution in [1.82, 2.24) is 10.2 Å². The molecule has 98 valence electrons. The van der Waals surface area contributed by atoms with Gasteiger partial charge in [0.1, 0.15) is 0 Å². The molecule has 0 spiro atoms. The molecule has 0 heterocycles. The summed E-state index contributed by atoms with van der Waals surface area (Å²) in [4.78, 5) is 13.8. The molecule has 4 nitrogen and oxygen atoms in total. The third-order valence-electron chi connectivity index (χ3n) is 3.95. The molecule has 4 heteroatoms. The van der Waals surface area contributed by atoms with Crippen LogP contribution in [0.1, 0.15) is 45.4 Å². The fraction of sp³-hybridized carbons (Fsp3) is 0.923. The Labute approximate surface area is 104 Å². The molecule has 2 unspecified atom stereocenters. The van der Waals surface area contributed by atoms with Gasteiger partial charge in [-0.3, -0.25) is 9.69 Å². The molecular formula is C13H25N3O. The first kappa shape index (κ1) is 12.8. The summed E-state index contributed by atoms with van der Waals surface area (Å²) in [6, 6.07) is 1.59. The van der Waals surface area contributed by atoms with Gasteiger partial charge in [0.2, 0.25) is 5.91 Å². The molecule has 2 atom stereocenters. The lowest BCUT2D eigenvalue weighted by molar-refractivity contribution is -0.120. The molecule has 2 rings (SSSR count). The Morgan fingerprint density at radius 2 is 2.00 bits per heavy atom. The van der Waals surface area contributed by atoms with E-state index >= 15 is 0 Å². The minimum absolute atomic E-state index is 0.102. The Morgan fingerprint density at radius 3 is 2.59 bits per heavy atom. The van der Waals surface area contributed by atoms with Crippen LogP contribution in [0.25, 0.3) is 0 Å². The number of hydrogen-bond donors (Lipinski definition) is 2. The molecule has 0 saturated heterocycles.